The zero-order chi connectivity index (χ0) is 13.1. The van der Waals surface area contributed by atoms with E-state index in [1.807, 2.05) is 6.07 Å². The molecule has 2 rings (SSSR count). The van der Waals surface area contributed by atoms with Crippen LogP contribution in [-0.2, 0) is 0 Å². The summed E-state index contributed by atoms with van der Waals surface area (Å²) in [5.41, 5.74) is 1.28. The Morgan fingerprint density at radius 3 is 2.67 bits per heavy atom. The average Bonchev–Trinajstić information content (AvgIpc) is 2.27. The SMILES string of the molecule is CCN(CC1CCC1)c1cccc(F)c1[C@@H](C)O. The summed E-state index contributed by atoms with van der Waals surface area (Å²) >= 11 is 0. The molecule has 0 saturated heterocycles. The van der Waals surface area contributed by atoms with Gasteiger partial charge in [0.1, 0.15) is 5.82 Å². The Morgan fingerprint density at radius 1 is 1.44 bits per heavy atom. The average molecular weight is 251 g/mol. The van der Waals surface area contributed by atoms with Crippen LogP contribution in [0.5, 0.6) is 0 Å². The molecule has 0 aliphatic heterocycles. The van der Waals surface area contributed by atoms with Crippen LogP contribution in [-0.4, -0.2) is 18.2 Å². The number of benzene rings is 1. The van der Waals surface area contributed by atoms with E-state index in [2.05, 4.69) is 11.8 Å². The smallest absolute Gasteiger partial charge is 0.131 e. The van der Waals surface area contributed by atoms with Crippen molar-refractivity contribution in [3.05, 3.63) is 29.6 Å². The molecule has 0 radical (unpaired) electrons. The van der Waals surface area contributed by atoms with Crippen molar-refractivity contribution in [2.75, 3.05) is 18.0 Å². The van der Waals surface area contributed by atoms with Crippen molar-refractivity contribution >= 4 is 5.69 Å². The van der Waals surface area contributed by atoms with Crippen LogP contribution in [0, 0.1) is 11.7 Å². The molecule has 1 aliphatic rings. The van der Waals surface area contributed by atoms with E-state index in [9.17, 15) is 9.50 Å². The predicted molar refractivity (Wildman–Crippen MR) is 72.3 cm³/mol. The summed E-state index contributed by atoms with van der Waals surface area (Å²) < 4.78 is 13.8. The third-order valence-electron chi connectivity index (χ3n) is 3.87. The maximum Gasteiger partial charge on any atom is 0.131 e. The van der Waals surface area contributed by atoms with Gasteiger partial charge in [-0.1, -0.05) is 12.5 Å². The molecule has 1 aromatic rings. The summed E-state index contributed by atoms with van der Waals surface area (Å²) in [7, 11) is 0. The fourth-order valence-corrected chi connectivity index (χ4v) is 2.60. The second kappa shape index (κ2) is 5.70. The van der Waals surface area contributed by atoms with E-state index in [4.69, 9.17) is 0 Å². The van der Waals surface area contributed by atoms with E-state index in [1.165, 1.54) is 25.3 Å². The lowest BCUT2D eigenvalue weighted by Gasteiger charge is -2.34. The van der Waals surface area contributed by atoms with Crippen LogP contribution in [0.4, 0.5) is 10.1 Å². The van der Waals surface area contributed by atoms with Crippen LogP contribution >= 0.6 is 0 Å². The van der Waals surface area contributed by atoms with Crippen LogP contribution in [0.2, 0.25) is 0 Å². The van der Waals surface area contributed by atoms with Gasteiger partial charge in [-0.15, -0.1) is 0 Å². The zero-order valence-corrected chi connectivity index (χ0v) is 11.2. The number of nitrogens with zero attached hydrogens (tertiary/aromatic N) is 1. The number of anilines is 1. The Labute approximate surface area is 108 Å². The molecule has 0 amide bonds. The topological polar surface area (TPSA) is 23.5 Å². The highest BCUT2D eigenvalue weighted by Gasteiger charge is 2.23. The Kier molecular flexibility index (Phi) is 4.23. The standard InChI is InChI=1S/C15H22FNO/c1-3-17(10-12-6-4-7-12)14-9-5-8-13(16)15(14)11(2)18/h5,8-9,11-12,18H,3-4,6-7,10H2,1-2H3/t11-/m1/s1. The highest BCUT2D eigenvalue weighted by Crippen LogP contribution is 2.33. The maximum atomic E-state index is 13.8. The first kappa shape index (κ1) is 13.3. The lowest BCUT2D eigenvalue weighted by molar-refractivity contribution is 0.194. The second-order valence-electron chi connectivity index (χ2n) is 5.18. The molecule has 1 atom stereocenters. The van der Waals surface area contributed by atoms with Gasteiger partial charge < -0.3 is 10.0 Å². The lowest BCUT2D eigenvalue weighted by Crippen LogP contribution is -2.33. The van der Waals surface area contributed by atoms with Gasteiger partial charge in [0, 0.05) is 24.3 Å². The van der Waals surface area contributed by atoms with Crippen molar-refractivity contribution in [2.24, 2.45) is 5.92 Å². The molecule has 2 nitrogen and oxygen atoms in total. The molecule has 1 aromatic carbocycles. The van der Waals surface area contributed by atoms with Crippen LogP contribution in [0.25, 0.3) is 0 Å². The summed E-state index contributed by atoms with van der Waals surface area (Å²) in [6.07, 6.45) is 3.09. The molecule has 100 valence electrons. The number of hydrogen-bond donors (Lipinski definition) is 1. The van der Waals surface area contributed by atoms with E-state index < -0.39 is 6.10 Å². The molecule has 0 bridgehead atoms. The zero-order valence-electron chi connectivity index (χ0n) is 11.2. The van der Waals surface area contributed by atoms with Crippen LogP contribution < -0.4 is 4.90 Å². The van der Waals surface area contributed by atoms with Gasteiger partial charge in [0.15, 0.2) is 0 Å². The van der Waals surface area contributed by atoms with Gasteiger partial charge in [-0.3, -0.25) is 0 Å². The van der Waals surface area contributed by atoms with Crippen LogP contribution in [0.1, 0.15) is 44.8 Å². The van der Waals surface area contributed by atoms with Gasteiger partial charge in [-0.2, -0.15) is 0 Å². The number of halogens is 1. The number of hydrogen-bond acceptors (Lipinski definition) is 2. The van der Waals surface area contributed by atoms with Crippen molar-refractivity contribution in [3.8, 4) is 0 Å². The van der Waals surface area contributed by atoms with E-state index in [-0.39, 0.29) is 5.82 Å². The molecule has 18 heavy (non-hydrogen) atoms. The van der Waals surface area contributed by atoms with Gasteiger partial charge in [0.05, 0.1) is 6.10 Å². The first-order valence-electron chi connectivity index (χ1n) is 6.85. The molecule has 3 heteroatoms. The predicted octanol–water partition coefficient (Wildman–Crippen LogP) is 3.51. The van der Waals surface area contributed by atoms with Gasteiger partial charge in [0.2, 0.25) is 0 Å². The van der Waals surface area contributed by atoms with Crippen molar-refractivity contribution in [3.63, 3.8) is 0 Å². The summed E-state index contributed by atoms with van der Waals surface area (Å²) in [5.74, 6) is 0.421. The van der Waals surface area contributed by atoms with Gasteiger partial charge >= 0.3 is 0 Å². The van der Waals surface area contributed by atoms with E-state index >= 15 is 0 Å². The van der Waals surface area contributed by atoms with Crippen LogP contribution in [0.15, 0.2) is 18.2 Å². The molecule has 0 spiro atoms. The normalized spacial score (nSPS) is 17.3. The van der Waals surface area contributed by atoms with Gasteiger partial charge in [-0.05, 0) is 44.7 Å². The first-order chi connectivity index (χ1) is 8.63. The fourth-order valence-electron chi connectivity index (χ4n) is 2.60. The van der Waals surface area contributed by atoms with Gasteiger partial charge in [0.25, 0.3) is 0 Å². The van der Waals surface area contributed by atoms with Gasteiger partial charge in [-0.25, -0.2) is 4.39 Å². The molecule has 0 unspecified atom stereocenters. The number of aliphatic hydroxyl groups is 1. The quantitative estimate of drug-likeness (QED) is 0.865. The van der Waals surface area contributed by atoms with E-state index in [1.54, 1.807) is 13.0 Å². The maximum absolute atomic E-state index is 13.8. The molecular formula is C15H22FNO. The van der Waals surface area contributed by atoms with E-state index in [0.29, 0.717) is 5.56 Å². The Bertz CT molecular complexity index is 401. The van der Waals surface area contributed by atoms with Crippen molar-refractivity contribution in [1.82, 2.24) is 0 Å². The summed E-state index contributed by atoms with van der Waals surface area (Å²) in [6, 6.07) is 5.05. The van der Waals surface area contributed by atoms with Crippen molar-refractivity contribution in [2.45, 2.75) is 39.2 Å². The minimum Gasteiger partial charge on any atom is -0.389 e. The Morgan fingerprint density at radius 2 is 2.17 bits per heavy atom. The summed E-state index contributed by atoms with van der Waals surface area (Å²) in [5, 5.41) is 9.77. The monoisotopic (exact) mass is 251 g/mol. The van der Waals surface area contributed by atoms with E-state index in [0.717, 1.165) is 24.7 Å². The minimum absolute atomic E-state index is 0.311. The summed E-state index contributed by atoms with van der Waals surface area (Å²) in [6.45, 7) is 5.52. The second-order valence-corrected chi connectivity index (χ2v) is 5.18. The third-order valence-corrected chi connectivity index (χ3v) is 3.87. The number of rotatable bonds is 5. The first-order valence-corrected chi connectivity index (χ1v) is 6.85. The van der Waals surface area contributed by atoms with Crippen LogP contribution in [0.3, 0.4) is 0 Å². The molecule has 1 saturated carbocycles. The van der Waals surface area contributed by atoms with Crippen molar-refractivity contribution < 1.29 is 9.50 Å². The van der Waals surface area contributed by atoms with Crippen molar-refractivity contribution in [1.29, 1.82) is 0 Å². The molecule has 1 aliphatic carbocycles. The molecule has 0 aromatic heterocycles. The Balaban J connectivity index is 2.25. The minimum atomic E-state index is -0.767. The highest BCUT2D eigenvalue weighted by molar-refractivity contribution is 5.55. The molecular weight excluding hydrogens is 229 g/mol. The number of aliphatic hydroxyl groups excluding tert-OH is 1. The highest BCUT2D eigenvalue weighted by atomic mass is 19.1. The lowest BCUT2D eigenvalue weighted by atomic mass is 9.85. The molecule has 0 heterocycles. The largest absolute Gasteiger partial charge is 0.389 e. The third kappa shape index (κ3) is 2.66. The Hall–Kier alpha value is -1.09. The fraction of sp³-hybridized carbons (Fsp3) is 0.600. The molecule has 1 N–H and O–H groups in total. The summed E-state index contributed by atoms with van der Waals surface area (Å²) in [4.78, 5) is 2.19. The molecule has 1 fully saturated rings.